The molecule has 0 saturated heterocycles. The minimum absolute atomic E-state index is 0.0266. The molecule has 0 bridgehead atoms. The molecule has 3 nitrogen and oxygen atoms in total. The first-order valence-corrected chi connectivity index (χ1v) is 8.43. The molecule has 1 aromatic rings. The van der Waals surface area contributed by atoms with E-state index in [1.807, 2.05) is 6.07 Å². The van der Waals surface area contributed by atoms with Crippen molar-refractivity contribution >= 4 is 40.9 Å². The lowest BCUT2D eigenvalue weighted by atomic mass is 10.1. The highest BCUT2D eigenvalue weighted by Gasteiger charge is 2.05. The van der Waals surface area contributed by atoms with Gasteiger partial charge in [0.05, 0.1) is 0 Å². The molecule has 2 N–H and O–H groups in total. The number of aliphatic hydroxyl groups is 1. The van der Waals surface area contributed by atoms with Gasteiger partial charge in [-0.1, -0.05) is 29.3 Å². The first-order chi connectivity index (χ1) is 9.63. The molecular formula is C14H19Cl2NO2S. The Balaban J connectivity index is 2.16. The van der Waals surface area contributed by atoms with Crippen LogP contribution in [0.1, 0.15) is 18.4 Å². The van der Waals surface area contributed by atoms with Gasteiger partial charge in [-0.25, -0.2) is 0 Å². The van der Waals surface area contributed by atoms with Crippen LogP contribution in [0.25, 0.3) is 0 Å². The van der Waals surface area contributed by atoms with Crippen LogP contribution in [0.5, 0.6) is 0 Å². The standard InChI is InChI=1S/C14H19Cl2NO2S/c15-12-4-2-11(13(16)10-12)3-5-14(19)17-6-9-20-8-1-7-18/h2,4,10,18H,1,3,5-9H2,(H,17,19). The summed E-state index contributed by atoms with van der Waals surface area (Å²) in [6.07, 6.45) is 1.83. The van der Waals surface area contributed by atoms with Crippen LogP contribution in [-0.2, 0) is 11.2 Å². The zero-order valence-corrected chi connectivity index (χ0v) is 13.5. The number of aliphatic hydroxyl groups excluding tert-OH is 1. The second-order valence-corrected chi connectivity index (χ2v) is 6.34. The van der Waals surface area contributed by atoms with Gasteiger partial charge in [0.15, 0.2) is 0 Å². The maximum Gasteiger partial charge on any atom is 0.220 e. The van der Waals surface area contributed by atoms with Crippen molar-refractivity contribution < 1.29 is 9.90 Å². The van der Waals surface area contributed by atoms with E-state index in [2.05, 4.69) is 5.32 Å². The first kappa shape index (κ1) is 17.6. The van der Waals surface area contributed by atoms with Crippen LogP contribution in [0.3, 0.4) is 0 Å². The number of nitrogens with one attached hydrogen (secondary N) is 1. The quantitative estimate of drug-likeness (QED) is 0.681. The molecule has 0 aliphatic carbocycles. The number of hydrogen-bond acceptors (Lipinski definition) is 3. The lowest BCUT2D eigenvalue weighted by Crippen LogP contribution is -2.26. The van der Waals surface area contributed by atoms with E-state index in [1.165, 1.54) is 0 Å². The molecule has 0 fully saturated rings. The molecular weight excluding hydrogens is 317 g/mol. The molecule has 1 rings (SSSR count). The number of aryl methyl sites for hydroxylation is 1. The van der Waals surface area contributed by atoms with E-state index >= 15 is 0 Å². The Morgan fingerprint density at radius 1 is 1.30 bits per heavy atom. The zero-order valence-electron chi connectivity index (χ0n) is 11.2. The molecule has 0 atom stereocenters. The maximum absolute atomic E-state index is 11.7. The summed E-state index contributed by atoms with van der Waals surface area (Å²) in [5.41, 5.74) is 0.934. The predicted octanol–water partition coefficient (Wildman–Crippen LogP) is 3.16. The third kappa shape index (κ3) is 7.39. The summed E-state index contributed by atoms with van der Waals surface area (Å²) < 4.78 is 0. The van der Waals surface area contributed by atoms with Crippen molar-refractivity contribution in [3.8, 4) is 0 Å². The Hall–Kier alpha value is -0.420. The predicted molar refractivity (Wildman–Crippen MR) is 86.8 cm³/mol. The first-order valence-electron chi connectivity index (χ1n) is 6.52. The lowest BCUT2D eigenvalue weighted by Gasteiger charge is -2.06. The molecule has 20 heavy (non-hydrogen) atoms. The summed E-state index contributed by atoms with van der Waals surface area (Å²) >= 11 is 13.6. The monoisotopic (exact) mass is 335 g/mol. The molecule has 0 heterocycles. The summed E-state index contributed by atoms with van der Waals surface area (Å²) in [6.45, 7) is 0.879. The van der Waals surface area contributed by atoms with Crippen LogP contribution in [0, 0.1) is 0 Å². The Morgan fingerprint density at radius 2 is 2.10 bits per heavy atom. The van der Waals surface area contributed by atoms with Gasteiger partial charge in [-0.3, -0.25) is 4.79 Å². The summed E-state index contributed by atoms with van der Waals surface area (Å²) in [6, 6.07) is 5.31. The largest absolute Gasteiger partial charge is 0.396 e. The van der Waals surface area contributed by atoms with E-state index in [9.17, 15) is 4.79 Å². The van der Waals surface area contributed by atoms with E-state index in [4.69, 9.17) is 28.3 Å². The van der Waals surface area contributed by atoms with Crippen LogP contribution in [-0.4, -0.2) is 35.7 Å². The van der Waals surface area contributed by atoms with Gasteiger partial charge in [-0.2, -0.15) is 11.8 Å². The minimum Gasteiger partial charge on any atom is -0.396 e. The van der Waals surface area contributed by atoms with Crippen LogP contribution in [0.2, 0.25) is 10.0 Å². The molecule has 6 heteroatoms. The molecule has 0 unspecified atom stereocenters. The number of hydrogen-bond donors (Lipinski definition) is 2. The number of thioether (sulfide) groups is 1. The Morgan fingerprint density at radius 3 is 2.80 bits per heavy atom. The van der Waals surface area contributed by atoms with Gasteiger partial charge < -0.3 is 10.4 Å². The molecule has 0 saturated carbocycles. The topological polar surface area (TPSA) is 49.3 Å². The van der Waals surface area contributed by atoms with Crippen molar-refractivity contribution in [2.24, 2.45) is 0 Å². The second kappa shape index (κ2) is 10.3. The average molecular weight is 336 g/mol. The summed E-state index contributed by atoms with van der Waals surface area (Å²) in [5, 5.41) is 12.7. The Bertz CT molecular complexity index is 430. The van der Waals surface area contributed by atoms with Gasteiger partial charge in [-0.15, -0.1) is 0 Å². The van der Waals surface area contributed by atoms with Crippen molar-refractivity contribution in [2.45, 2.75) is 19.3 Å². The van der Waals surface area contributed by atoms with E-state index in [0.717, 1.165) is 23.5 Å². The highest BCUT2D eigenvalue weighted by molar-refractivity contribution is 7.99. The number of carbonyl (C=O) groups is 1. The van der Waals surface area contributed by atoms with Crippen molar-refractivity contribution in [3.05, 3.63) is 33.8 Å². The second-order valence-electron chi connectivity index (χ2n) is 4.28. The number of amides is 1. The smallest absolute Gasteiger partial charge is 0.220 e. The lowest BCUT2D eigenvalue weighted by molar-refractivity contribution is -0.120. The Labute approximate surface area is 134 Å². The fourth-order valence-corrected chi connectivity index (χ4v) is 2.88. The van der Waals surface area contributed by atoms with Gasteiger partial charge in [0.2, 0.25) is 5.91 Å². The zero-order chi connectivity index (χ0) is 14.8. The number of carbonyl (C=O) groups excluding carboxylic acids is 1. The molecule has 0 aliphatic heterocycles. The van der Waals surface area contributed by atoms with E-state index < -0.39 is 0 Å². The van der Waals surface area contributed by atoms with E-state index in [0.29, 0.717) is 29.4 Å². The molecule has 112 valence electrons. The third-order valence-corrected chi connectivity index (χ3v) is 4.31. The summed E-state index contributed by atoms with van der Waals surface area (Å²) in [5.74, 6) is 1.82. The van der Waals surface area contributed by atoms with Crippen LogP contribution < -0.4 is 5.32 Å². The minimum atomic E-state index is 0.0266. The highest BCUT2D eigenvalue weighted by atomic mass is 35.5. The average Bonchev–Trinajstić information content (AvgIpc) is 2.41. The van der Waals surface area contributed by atoms with Crippen LogP contribution in [0.15, 0.2) is 18.2 Å². The van der Waals surface area contributed by atoms with Crippen molar-refractivity contribution in [1.29, 1.82) is 0 Å². The van der Waals surface area contributed by atoms with Gasteiger partial charge in [-0.05, 0) is 36.3 Å². The van der Waals surface area contributed by atoms with Gasteiger partial charge in [0.25, 0.3) is 0 Å². The molecule has 0 radical (unpaired) electrons. The van der Waals surface area contributed by atoms with Crippen molar-refractivity contribution in [2.75, 3.05) is 24.7 Å². The van der Waals surface area contributed by atoms with Crippen molar-refractivity contribution in [1.82, 2.24) is 5.32 Å². The summed E-state index contributed by atoms with van der Waals surface area (Å²) in [7, 11) is 0. The highest BCUT2D eigenvalue weighted by Crippen LogP contribution is 2.21. The van der Waals surface area contributed by atoms with E-state index in [-0.39, 0.29) is 12.5 Å². The summed E-state index contributed by atoms with van der Waals surface area (Å²) in [4.78, 5) is 11.7. The van der Waals surface area contributed by atoms with Gasteiger partial charge in [0.1, 0.15) is 0 Å². The molecule has 1 amide bonds. The SMILES string of the molecule is O=C(CCc1ccc(Cl)cc1Cl)NCCSCCCO. The molecule has 0 aromatic heterocycles. The number of halogens is 2. The van der Waals surface area contributed by atoms with Crippen molar-refractivity contribution in [3.63, 3.8) is 0 Å². The van der Waals surface area contributed by atoms with Gasteiger partial charge >= 0.3 is 0 Å². The van der Waals surface area contributed by atoms with Crippen LogP contribution >= 0.6 is 35.0 Å². The molecule has 0 spiro atoms. The Kier molecular flexibility index (Phi) is 9.10. The maximum atomic E-state index is 11.7. The molecule has 0 aliphatic rings. The number of rotatable bonds is 9. The molecule has 1 aromatic carbocycles. The fourth-order valence-electron chi connectivity index (χ4n) is 1.59. The van der Waals surface area contributed by atoms with Gasteiger partial charge in [0, 0.05) is 35.4 Å². The van der Waals surface area contributed by atoms with Crippen LogP contribution in [0.4, 0.5) is 0 Å². The fraction of sp³-hybridized carbons (Fsp3) is 0.500. The third-order valence-electron chi connectivity index (χ3n) is 2.65. The van der Waals surface area contributed by atoms with E-state index in [1.54, 1.807) is 23.9 Å². The normalized spacial score (nSPS) is 10.6. The number of benzene rings is 1.